The van der Waals surface area contributed by atoms with Crippen molar-refractivity contribution in [3.63, 3.8) is 0 Å². The zero-order valence-electron chi connectivity index (χ0n) is 12.7. The van der Waals surface area contributed by atoms with Crippen LogP contribution >= 0.6 is 15.9 Å². The van der Waals surface area contributed by atoms with E-state index in [0.717, 1.165) is 0 Å². The highest BCUT2D eigenvalue weighted by Gasteiger charge is 2.20. The second kappa shape index (κ2) is 7.02. The van der Waals surface area contributed by atoms with Gasteiger partial charge < -0.3 is 10.2 Å². The van der Waals surface area contributed by atoms with Gasteiger partial charge in [-0.2, -0.15) is 0 Å². The highest BCUT2D eigenvalue weighted by molar-refractivity contribution is 9.10. The van der Waals surface area contributed by atoms with Crippen molar-refractivity contribution in [3.8, 4) is 0 Å². The van der Waals surface area contributed by atoms with Crippen molar-refractivity contribution in [2.45, 2.75) is 33.2 Å². The fraction of sp³-hybridized carbons (Fsp3) is 0.467. The third-order valence-corrected chi connectivity index (χ3v) is 3.29. The van der Waals surface area contributed by atoms with Gasteiger partial charge >= 0.3 is 0 Å². The number of amides is 2. The molecular formula is C15H20BrFN2O2. The SMILES string of the molecule is CCN(CC(=O)NC(C)(C)C)C(=O)c1ccc(F)c(Br)c1. The average molecular weight is 359 g/mol. The number of carbonyl (C=O) groups is 2. The van der Waals surface area contributed by atoms with Gasteiger partial charge in [-0.25, -0.2) is 4.39 Å². The van der Waals surface area contributed by atoms with E-state index >= 15 is 0 Å². The second-order valence-electron chi connectivity index (χ2n) is 5.75. The first kappa shape index (κ1) is 17.6. The molecule has 0 unspecified atom stereocenters. The van der Waals surface area contributed by atoms with Crippen LogP contribution in [0.1, 0.15) is 38.1 Å². The summed E-state index contributed by atoms with van der Waals surface area (Å²) in [6.07, 6.45) is 0. The molecule has 6 heteroatoms. The zero-order chi connectivity index (χ0) is 16.2. The van der Waals surface area contributed by atoms with Gasteiger partial charge in [-0.05, 0) is 61.8 Å². The molecule has 0 atom stereocenters. The molecule has 0 aliphatic carbocycles. The molecule has 0 heterocycles. The lowest BCUT2D eigenvalue weighted by atomic mass is 10.1. The van der Waals surface area contributed by atoms with Crippen LogP contribution in [0.5, 0.6) is 0 Å². The van der Waals surface area contributed by atoms with Crippen LogP contribution in [0.2, 0.25) is 0 Å². The fourth-order valence-corrected chi connectivity index (χ4v) is 2.15. The van der Waals surface area contributed by atoms with Crippen molar-refractivity contribution in [1.82, 2.24) is 10.2 Å². The summed E-state index contributed by atoms with van der Waals surface area (Å²) < 4.78 is 13.4. The molecule has 4 nitrogen and oxygen atoms in total. The molecule has 0 radical (unpaired) electrons. The predicted molar refractivity (Wildman–Crippen MR) is 83.6 cm³/mol. The number of nitrogens with zero attached hydrogens (tertiary/aromatic N) is 1. The molecule has 0 fully saturated rings. The van der Waals surface area contributed by atoms with Gasteiger partial charge in [-0.1, -0.05) is 0 Å². The van der Waals surface area contributed by atoms with Gasteiger partial charge in [0.05, 0.1) is 11.0 Å². The van der Waals surface area contributed by atoms with Crippen LogP contribution < -0.4 is 5.32 Å². The van der Waals surface area contributed by atoms with Crippen molar-refractivity contribution >= 4 is 27.7 Å². The first-order valence-corrected chi connectivity index (χ1v) is 7.48. The van der Waals surface area contributed by atoms with Crippen LogP contribution in [-0.4, -0.2) is 35.3 Å². The molecule has 0 saturated carbocycles. The number of benzene rings is 1. The third-order valence-electron chi connectivity index (χ3n) is 2.68. The monoisotopic (exact) mass is 358 g/mol. The second-order valence-corrected chi connectivity index (χ2v) is 6.60. The number of likely N-dealkylation sites (N-methyl/N-ethyl adjacent to an activating group) is 1. The molecule has 0 saturated heterocycles. The van der Waals surface area contributed by atoms with E-state index in [4.69, 9.17) is 0 Å². The van der Waals surface area contributed by atoms with Crippen molar-refractivity contribution in [2.24, 2.45) is 0 Å². The van der Waals surface area contributed by atoms with E-state index in [-0.39, 0.29) is 28.4 Å². The minimum atomic E-state index is -0.430. The molecule has 21 heavy (non-hydrogen) atoms. The minimum Gasteiger partial charge on any atom is -0.350 e. The molecule has 1 rings (SSSR count). The van der Waals surface area contributed by atoms with E-state index in [1.165, 1.54) is 23.1 Å². The summed E-state index contributed by atoms with van der Waals surface area (Å²) in [5, 5.41) is 2.81. The van der Waals surface area contributed by atoms with Gasteiger partial charge in [0.1, 0.15) is 5.82 Å². The average Bonchev–Trinajstić information content (AvgIpc) is 2.36. The Morgan fingerprint density at radius 3 is 2.43 bits per heavy atom. The lowest BCUT2D eigenvalue weighted by Crippen LogP contribution is -2.47. The van der Waals surface area contributed by atoms with E-state index in [1.807, 2.05) is 20.8 Å². The number of hydrogen-bond acceptors (Lipinski definition) is 2. The van der Waals surface area contributed by atoms with Crippen LogP contribution in [0.25, 0.3) is 0 Å². The summed E-state index contributed by atoms with van der Waals surface area (Å²) in [5.41, 5.74) is -0.00739. The number of carbonyl (C=O) groups excluding carboxylic acids is 2. The van der Waals surface area contributed by atoms with Gasteiger partial charge in [-0.3, -0.25) is 9.59 Å². The molecule has 0 aliphatic rings. The quantitative estimate of drug-likeness (QED) is 0.899. The fourth-order valence-electron chi connectivity index (χ4n) is 1.77. The van der Waals surface area contributed by atoms with Crippen LogP contribution in [-0.2, 0) is 4.79 Å². The van der Waals surface area contributed by atoms with Gasteiger partial charge in [0.15, 0.2) is 0 Å². The zero-order valence-corrected chi connectivity index (χ0v) is 14.3. The van der Waals surface area contributed by atoms with E-state index in [1.54, 1.807) is 6.92 Å². The van der Waals surface area contributed by atoms with Gasteiger partial charge in [0, 0.05) is 17.6 Å². The Morgan fingerprint density at radius 1 is 1.33 bits per heavy atom. The first-order chi connectivity index (χ1) is 9.64. The van der Waals surface area contributed by atoms with Crippen molar-refractivity contribution in [3.05, 3.63) is 34.1 Å². The number of nitrogens with one attached hydrogen (secondary N) is 1. The standard InChI is InChI=1S/C15H20BrFN2O2/c1-5-19(9-13(20)18-15(2,3)4)14(21)10-6-7-12(17)11(16)8-10/h6-8H,5,9H2,1-4H3,(H,18,20). The maximum absolute atomic E-state index is 13.2. The minimum absolute atomic E-state index is 0.0262. The molecule has 1 N–H and O–H groups in total. The Kier molecular flexibility index (Phi) is 5.89. The van der Waals surface area contributed by atoms with Crippen molar-refractivity contribution in [2.75, 3.05) is 13.1 Å². The first-order valence-electron chi connectivity index (χ1n) is 6.69. The normalized spacial score (nSPS) is 11.1. The Balaban J connectivity index is 2.82. The topological polar surface area (TPSA) is 49.4 Å². The molecule has 1 aromatic carbocycles. The summed E-state index contributed by atoms with van der Waals surface area (Å²) in [5.74, 6) is -0.957. The highest BCUT2D eigenvalue weighted by atomic mass is 79.9. The molecule has 2 amide bonds. The predicted octanol–water partition coefficient (Wildman–Crippen LogP) is 2.97. The smallest absolute Gasteiger partial charge is 0.254 e. The van der Waals surface area contributed by atoms with E-state index in [2.05, 4.69) is 21.2 Å². The summed E-state index contributed by atoms with van der Waals surface area (Å²) >= 11 is 3.05. The van der Waals surface area contributed by atoms with Crippen LogP contribution in [0, 0.1) is 5.82 Å². The highest BCUT2D eigenvalue weighted by Crippen LogP contribution is 2.18. The largest absolute Gasteiger partial charge is 0.350 e. The maximum Gasteiger partial charge on any atom is 0.254 e. The summed E-state index contributed by atoms with van der Waals surface area (Å²) in [6, 6.07) is 4.05. The van der Waals surface area contributed by atoms with E-state index < -0.39 is 5.82 Å². The Morgan fingerprint density at radius 2 is 1.95 bits per heavy atom. The number of rotatable bonds is 4. The maximum atomic E-state index is 13.2. The van der Waals surface area contributed by atoms with Crippen molar-refractivity contribution in [1.29, 1.82) is 0 Å². The van der Waals surface area contributed by atoms with Crippen LogP contribution in [0.3, 0.4) is 0 Å². The molecular weight excluding hydrogens is 339 g/mol. The lowest BCUT2D eigenvalue weighted by Gasteiger charge is -2.25. The van der Waals surface area contributed by atoms with Gasteiger partial charge in [0.25, 0.3) is 5.91 Å². The van der Waals surface area contributed by atoms with E-state index in [9.17, 15) is 14.0 Å². The molecule has 0 bridgehead atoms. The Hall–Kier alpha value is -1.43. The summed E-state index contributed by atoms with van der Waals surface area (Å²) in [6.45, 7) is 7.79. The molecule has 0 aromatic heterocycles. The number of hydrogen-bond donors (Lipinski definition) is 1. The van der Waals surface area contributed by atoms with Gasteiger partial charge in [0.2, 0.25) is 5.91 Å². The van der Waals surface area contributed by atoms with Crippen molar-refractivity contribution < 1.29 is 14.0 Å². The third kappa shape index (κ3) is 5.46. The van der Waals surface area contributed by atoms with Crippen LogP contribution in [0.4, 0.5) is 4.39 Å². The summed E-state index contributed by atoms with van der Waals surface area (Å²) in [7, 11) is 0. The molecule has 0 aliphatic heterocycles. The van der Waals surface area contributed by atoms with Gasteiger partial charge in [-0.15, -0.1) is 0 Å². The molecule has 116 valence electrons. The Labute approximate surface area is 132 Å². The van der Waals surface area contributed by atoms with Crippen LogP contribution in [0.15, 0.2) is 22.7 Å². The molecule has 0 spiro atoms. The van der Waals surface area contributed by atoms with E-state index in [0.29, 0.717) is 12.1 Å². The Bertz CT molecular complexity index is 541. The molecule has 1 aromatic rings. The number of halogens is 2. The summed E-state index contributed by atoms with van der Waals surface area (Å²) in [4.78, 5) is 25.7. The lowest BCUT2D eigenvalue weighted by molar-refractivity contribution is -0.123.